The molecule has 0 radical (unpaired) electrons. The molecule has 6 heteroatoms. The number of hydrogen-bond donors (Lipinski definition) is 0. The monoisotopic (exact) mass is 270 g/mol. The van der Waals surface area contributed by atoms with Crippen LogP contribution in [0.1, 0.15) is 11.1 Å². The van der Waals surface area contributed by atoms with E-state index in [0.29, 0.717) is 10.9 Å². The van der Waals surface area contributed by atoms with E-state index in [1.807, 2.05) is 6.07 Å². The number of benzene rings is 1. The molecule has 0 aliphatic rings. The lowest BCUT2D eigenvalue weighted by Gasteiger charge is -2.05. The fraction of sp³-hybridized carbons (Fsp3) is 0.222. The van der Waals surface area contributed by atoms with Gasteiger partial charge in [-0.2, -0.15) is 5.26 Å². The molecule has 0 aliphatic carbocycles. The highest BCUT2D eigenvalue weighted by atomic mass is 79.9. The lowest BCUT2D eigenvalue weighted by Crippen LogP contribution is -1.97. The summed E-state index contributed by atoms with van der Waals surface area (Å²) < 4.78 is 4.88. The predicted molar refractivity (Wildman–Crippen MR) is 57.0 cm³/mol. The third kappa shape index (κ3) is 2.25. The molecule has 0 spiro atoms. The average Bonchev–Trinajstić information content (AvgIpc) is 2.26. The number of nitro groups is 1. The largest absolute Gasteiger partial charge is 0.490 e. The Bertz CT molecular complexity index is 440. The second-order valence-corrected chi connectivity index (χ2v) is 3.24. The number of alkyl halides is 1. The van der Waals surface area contributed by atoms with Crippen LogP contribution in [0.25, 0.3) is 0 Å². The van der Waals surface area contributed by atoms with E-state index >= 15 is 0 Å². The minimum Gasteiger partial charge on any atom is -0.490 e. The first-order chi connectivity index (χ1) is 7.13. The first-order valence-electron chi connectivity index (χ1n) is 3.95. The molecule has 1 rings (SSSR count). The first-order valence-corrected chi connectivity index (χ1v) is 5.07. The molecule has 0 fully saturated rings. The van der Waals surface area contributed by atoms with Gasteiger partial charge in [0.1, 0.15) is 0 Å². The van der Waals surface area contributed by atoms with Crippen LogP contribution >= 0.6 is 15.9 Å². The van der Waals surface area contributed by atoms with Gasteiger partial charge in [-0.3, -0.25) is 10.1 Å². The van der Waals surface area contributed by atoms with Crippen LogP contribution in [-0.2, 0) is 5.33 Å². The van der Waals surface area contributed by atoms with Crippen LogP contribution < -0.4 is 4.74 Å². The zero-order valence-electron chi connectivity index (χ0n) is 7.86. The van der Waals surface area contributed by atoms with E-state index in [1.54, 1.807) is 0 Å². The molecule has 0 aromatic heterocycles. The van der Waals surface area contributed by atoms with Crippen molar-refractivity contribution in [1.82, 2.24) is 0 Å². The summed E-state index contributed by atoms with van der Waals surface area (Å²) in [5.41, 5.74) is 0.748. The summed E-state index contributed by atoms with van der Waals surface area (Å²) in [6, 6.07) is 4.61. The number of nitro benzene ring substituents is 1. The molecule has 0 bridgehead atoms. The summed E-state index contributed by atoms with van der Waals surface area (Å²) in [5.74, 6) is 0.161. The van der Waals surface area contributed by atoms with E-state index in [9.17, 15) is 10.1 Å². The van der Waals surface area contributed by atoms with Gasteiger partial charge in [-0.25, -0.2) is 0 Å². The molecular formula is C9H7BrN2O3. The molecule has 5 nitrogen and oxygen atoms in total. The van der Waals surface area contributed by atoms with Gasteiger partial charge in [0.15, 0.2) is 5.75 Å². The van der Waals surface area contributed by atoms with Crippen molar-refractivity contribution >= 4 is 21.6 Å². The number of ether oxygens (including phenoxy) is 1. The van der Waals surface area contributed by atoms with Crippen LogP contribution in [0.15, 0.2) is 12.1 Å². The number of methoxy groups -OCH3 is 1. The van der Waals surface area contributed by atoms with Crippen molar-refractivity contribution in [3.63, 3.8) is 0 Å². The van der Waals surface area contributed by atoms with E-state index in [0.717, 1.165) is 0 Å². The van der Waals surface area contributed by atoms with Gasteiger partial charge in [0.2, 0.25) is 0 Å². The highest BCUT2D eigenvalue weighted by molar-refractivity contribution is 9.08. The Labute approximate surface area is 94.6 Å². The van der Waals surface area contributed by atoms with Crippen molar-refractivity contribution in [3.05, 3.63) is 33.4 Å². The Morgan fingerprint density at radius 1 is 1.67 bits per heavy atom. The summed E-state index contributed by atoms with van der Waals surface area (Å²) in [6.07, 6.45) is 0. The number of nitrogens with zero attached hydrogens (tertiary/aromatic N) is 2. The quantitative estimate of drug-likeness (QED) is 0.480. The summed E-state index contributed by atoms with van der Waals surface area (Å²) >= 11 is 3.20. The maximum Gasteiger partial charge on any atom is 0.312 e. The molecule has 1 aromatic rings. The van der Waals surface area contributed by atoms with Crippen molar-refractivity contribution in [2.24, 2.45) is 0 Å². The third-order valence-electron chi connectivity index (χ3n) is 1.87. The Hall–Kier alpha value is -1.61. The standard InChI is InChI=1S/C9H7BrN2O3/c1-15-9-3-6(4-10)7(5-11)2-8(9)12(13)14/h2-3H,4H2,1H3. The Kier molecular flexibility index (Phi) is 3.63. The summed E-state index contributed by atoms with van der Waals surface area (Å²) in [6.45, 7) is 0. The van der Waals surface area contributed by atoms with Gasteiger partial charge in [0, 0.05) is 11.4 Å². The Balaban J connectivity index is 3.42. The third-order valence-corrected chi connectivity index (χ3v) is 2.47. The number of halogens is 1. The van der Waals surface area contributed by atoms with Crippen LogP contribution in [0.5, 0.6) is 5.75 Å². The number of nitriles is 1. The topological polar surface area (TPSA) is 76.2 Å². The van der Waals surface area contributed by atoms with Crippen molar-refractivity contribution in [2.75, 3.05) is 7.11 Å². The van der Waals surface area contributed by atoms with Gasteiger partial charge in [0.25, 0.3) is 0 Å². The molecule has 0 amide bonds. The van der Waals surface area contributed by atoms with E-state index in [-0.39, 0.29) is 17.0 Å². The molecule has 0 unspecified atom stereocenters. The minimum absolute atomic E-state index is 0.161. The molecule has 0 saturated heterocycles. The lowest BCUT2D eigenvalue weighted by atomic mass is 10.1. The summed E-state index contributed by atoms with van der Waals surface area (Å²) in [7, 11) is 1.35. The van der Waals surface area contributed by atoms with Gasteiger partial charge in [-0.15, -0.1) is 0 Å². The highest BCUT2D eigenvalue weighted by Gasteiger charge is 2.18. The zero-order valence-corrected chi connectivity index (χ0v) is 9.44. The minimum atomic E-state index is -0.572. The van der Waals surface area contributed by atoms with Gasteiger partial charge in [-0.1, -0.05) is 15.9 Å². The van der Waals surface area contributed by atoms with Crippen LogP contribution in [0.4, 0.5) is 5.69 Å². The molecular weight excluding hydrogens is 264 g/mol. The smallest absolute Gasteiger partial charge is 0.312 e. The maximum atomic E-state index is 10.7. The van der Waals surface area contributed by atoms with Gasteiger partial charge >= 0.3 is 5.69 Å². The molecule has 0 N–H and O–H groups in total. The van der Waals surface area contributed by atoms with Crippen molar-refractivity contribution in [3.8, 4) is 11.8 Å². The summed E-state index contributed by atoms with van der Waals surface area (Å²) in [4.78, 5) is 10.1. The highest BCUT2D eigenvalue weighted by Crippen LogP contribution is 2.30. The zero-order chi connectivity index (χ0) is 11.4. The number of rotatable bonds is 3. The van der Waals surface area contributed by atoms with E-state index in [1.165, 1.54) is 19.2 Å². The SMILES string of the molecule is COc1cc(CBr)c(C#N)cc1[N+](=O)[O-]. The van der Waals surface area contributed by atoms with Gasteiger partial charge in [0.05, 0.1) is 23.7 Å². The molecule has 0 heterocycles. The fourth-order valence-electron chi connectivity index (χ4n) is 1.13. The van der Waals surface area contributed by atoms with Gasteiger partial charge in [-0.05, 0) is 11.6 Å². The molecule has 0 atom stereocenters. The second kappa shape index (κ2) is 4.75. The van der Waals surface area contributed by atoms with Crippen molar-refractivity contribution in [2.45, 2.75) is 5.33 Å². The van der Waals surface area contributed by atoms with E-state index < -0.39 is 4.92 Å². The van der Waals surface area contributed by atoms with Gasteiger partial charge < -0.3 is 4.74 Å². The molecule has 1 aromatic carbocycles. The lowest BCUT2D eigenvalue weighted by molar-refractivity contribution is -0.385. The molecule has 0 saturated carbocycles. The molecule has 15 heavy (non-hydrogen) atoms. The number of hydrogen-bond acceptors (Lipinski definition) is 4. The Morgan fingerprint density at radius 3 is 2.73 bits per heavy atom. The summed E-state index contributed by atoms with van der Waals surface area (Å²) in [5, 5.41) is 19.9. The van der Waals surface area contributed by atoms with Crippen molar-refractivity contribution < 1.29 is 9.66 Å². The van der Waals surface area contributed by atoms with Crippen LogP contribution in [0.3, 0.4) is 0 Å². The first kappa shape index (κ1) is 11.5. The van der Waals surface area contributed by atoms with Crippen molar-refractivity contribution in [1.29, 1.82) is 5.26 Å². The molecule has 0 aliphatic heterocycles. The van der Waals surface area contributed by atoms with E-state index in [4.69, 9.17) is 10.00 Å². The molecule has 78 valence electrons. The average molecular weight is 271 g/mol. The fourth-order valence-corrected chi connectivity index (χ4v) is 1.60. The normalized spacial score (nSPS) is 9.40. The van der Waals surface area contributed by atoms with Crippen LogP contribution in [0, 0.1) is 21.4 Å². The van der Waals surface area contributed by atoms with E-state index in [2.05, 4.69) is 15.9 Å². The predicted octanol–water partition coefficient (Wildman–Crippen LogP) is 2.37. The Morgan fingerprint density at radius 2 is 2.33 bits per heavy atom. The maximum absolute atomic E-state index is 10.7. The second-order valence-electron chi connectivity index (χ2n) is 2.68. The van der Waals surface area contributed by atoms with Crippen LogP contribution in [-0.4, -0.2) is 12.0 Å². The van der Waals surface area contributed by atoms with Crippen LogP contribution in [0.2, 0.25) is 0 Å².